The molecule has 3 saturated heterocycles. The molecule has 21 nitrogen and oxygen atoms in total. The summed E-state index contributed by atoms with van der Waals surface area (Å²) in [6.07, 6.45) is -1.81. The van der Waals surface area contributed by atoms with Gasteiger partial charge in [-0.15, -0.1) is 0 Å². The lowest BCUT2D eigenvalue weighted by Gasteiger charge is -2.21. The van der Waals surface area contributed by atoms with Gasteiger partial charge in [-0.05, 0) is 6.42 Å². The fourth-order valence-corrected chi connectivity index (χ4v) is 2.90. The normalized spacial score (nSPS) is 21.3. The first-order valence-electron chi connectivity index (χ1n) is 10.2. The van der Waals surface area contributed by atoms with Gasteiger partial charge < -0.3 is 37.2 Å². The first-order chi connectivity index (χ1) is 17.1. The third-order valence-corrected chi connectivity index (χ3v) is 4.55. The highest BCUT2D eigenvalue weighted by atomic mass is 16.3. The van der Waals surface area contributed by atoms with Crippen LogP contribution in [0.2, 0.25) is 0 Å². The zero-order valence-electron chi connectivity index (χ0n) is 18.6. The van der Waals surface area contributed by atoms with Gasteiger partial charge in [-0.25, -0.2) is 29.4 Å². The maximum atomic E-state index is 11.7. The molecule has 12 amide bonds. The van der Waals surface area contributed by atoms with E-state index in [1.807, 2.05) is 10.6 Å². The van der Waals surface area contributed by atoms with Crippen LogP contribution in [0.15, 0.2) is 0 Å². The number of urea groups is 5. The number of hydrogen-bond donors (Lipinski definition) is 11. The number of nitrogens with zero attached hydrogens (tertiary/aromatic N) is 3. The molecule has 3 heterocycles. The Labute approximate surface area is 202 Å². The van der Waals surface area contributed by atoms with Crippen LogP contribution in [0.25, 0.3) is 0 Å². The summed E-state index contributed by atoms with van der Waals surface area (Å²) in [4.78, 5) is 80.4. The van der Waals surface area contributed by atoms with Gasteiger partial charge in [0.15, 0.2) is 12.3 Å². The number of hydrazine groups is 2. The number of aliphatic hydroxyl groups excluding tert-OH is 2. The Balaban J connectivity index is 0.000000425. The van der Waals surface area contributed by atoms with Crippen molar-refractivity contribution < 1.29 is 43.8 Å². The number of carbonyl (C=O) groups is 7. The fourth-order valence-electron chi connectivity index (χ4n) is 2.90. The third-order valence-electron chi connectivity index (χ3n) is 4.55. The van der Waals surface area contributed by atoms with Gasteiger partial charge in [0.05, 0.1) is 6.67 Å². The predicted molar refractivity (Wildman–Crippen MR) is 113 cm³/mol. The van der Waals surface area contributed by atoms with Crippen molar-refractivity contribution >= 4 is 42.0 Å². The zero-order chi connectivity index (χ0) is 26.8. The van der Waals surface area contributed by atoms with E-state index in [2.05, 4.69) is 32.1 Å². The lowest BCUT2D eigenvalue weighted by molar-refractivity contribution is -0.123. The van der Waals surface area contributed by atoms with E-state index < -0.39 is 74.4 Å². The summed E-state index contributed by atoms with van der Waals surface area (Å²) in [6, 6.07) is -4.20. The van der Waals surface area contributed by atoms with Crippen LogP contribution in [0.4, 0.5) is 24.0 Å². The van der Waals surface area contributed by atoms with Crippen molar-refractivity contribution in [1.29, 1.82) is 0 Å². The fraction of sp³-hybridized carbons (Fsp3) is 0.533. The number of primary amides is 1. The van der Waals surface area contributed by atoms with Crippen molar-refractivity contribution in [3.63, 3.8) is 0 Å². The molecule has 0 aromatic heterocycles. The second-order valence-corrected chi connectivity index (χ2v) is 6.98. The molecule has 0 radical (unpaired) electrons. The van der Waals surface area contributed by atoms with Gasteiger partial charge in [0.1, 0.15) is 13.5 Å². The summed E-state index contributed by atoms with van der Waals surface area (Å²) < 4.78 is 0. The lowest BCUT2D eigenvalue weighted by Crippen LogP contribution is -2.56. The van der Waals surface area contributed by atoms with Crippen LogP contribution in [0, 0.1) is 0 Å². The first-order valence-corrected chi connectivity index (χ1v) is 10.2. The maximum absolute atomic E-state index is 11.7. The zero-order valence-corrected chi connectivity index (χ0v) is 18.6. The molecular weight excluding hydrogens is 492 g/mol. The van der Waals surface area contributed by atoms with Crippen molar-refractivity contribution in [2.75, 3.05) is 33.2 Å². The van der Waals surface area contributed by atoms with E-state index in [0.717, 1.165) is 19.5 Å². The van der Waals surface area contributed by atoms with Crippen LogP contribution >= 0.6 is 0 Å². The van der Waals surface area contributed by atoms with Crippen LogP contribution in [-0.2, 0) is 9.59 Å². The molecule has 2 unspecified atom stereocenters. The highest BCUT2D eigenvalue weighted by molar-refractivity contribution is 6.05. The molecule has 0 saturated carbocycles. The van der Waals surface area contributed by atoms with Gasteiger partial charge in [0, 0.05) is 13.1 Å². The van der Waals surface area contributed by atoms with E-state index in [-0.39, 0.29) is 0 Å². The van der Waals surface area contributed by atoms with Gasteiger partial charge in [-0.3, -0.25) is 35.4 Å². The predicted octanol–water partition coefficient (Wildman–Crippen LogP) is -6.02. The molecule has 12 N–H and O–H groups in total. The van der Waals surface area contributed by atoms with Crippen molar-refractivity contribution in [3.05, 3.63) is 0 Å². The van der Waals surface area contributed by atoms with Crippen molar-refractivity contribution in [2.45, 2.75) is 18.8 Å². The van der Waals surface area contributed by atoms with E-state index >= 15 is 0 Å². The molecule has 0 aromatic rings. The van der Waals surface area contributed by atoms with Gasteiger partial charge >= 0.3 is 30.2 Å². The minimum absolute atomic E-state index is 0.458. The van der Waals surface area contributed by atoms with Crippen LogP contribution in [-0.4, -0.2) is 113 Å². The quantitative estimate of drug-likeness (QED) is 0.111. The summed E-state index contributed by atoms with van der Waals surface area (Å²) >= 11 is 0. The van der Waals surface area contributed by atoms with Crippen LogP contribution in [0.3, 0.4) is 0 Å². The van der Waals surface area contributed by atoms with Crippen molar-refractivity contribution in [2.24, 2.45) is 5.73 Å². The summed E-state index contributed by atoms with van der Waals surface area (Å²) in [7, 11) is 0. The average molecular weight is 518 g/mol. The van der Waals surface area contributed by atoms with E-state index in [4.69, 9.17) is 15.9 Å². The van der Waals surface area contributed by atoms with Crippen molar-refractivity contribution in [3.8, 4) is 0 Å². The molecule has 0 aliphatic carbocycles. The third kappa shape index (κ3) is 7.52. The highest BCUT2D eigenvalue weighted by Gasteiger charge is 2.40. The Morgan fingerprint density at radius 3 is 1.72 bits per heavy atom. The molecule has 2 atom stereocenters. The van der Waals surface area contributed by atoms with Crippen LogP contribution in [0.5, 0.6) is 0 Å². The minimum Gasteiger partial charge on any atom is -0.376 e. The number of rotatable bonds is 7. The summed E-state index contributed by atoms with van der Waals surface area (Å²) in [6.45, 7) is -0.358. The maximum Gasteiger partial charge on any atom is 0.328 e. The molecule has 200 valence electrons. The molecule has 3 rings (SSSR count). The summed E-state index contributed by atoms with van der Waals surface area (Å²) in [5.41, 5.74) is 10.2. The van der Waals surface area contributed by atoms with Crippen LogP contribution in [0.1, 0.15) is 6.42 Å². The van der Waals surface area contributed by atoms with E-state index in [9.17, 15) is 33.6 Å². The Bertz CT molecular complexity index is 839. The number of nitrogens with one attached hydrogen (secondary N) is 8. The molecule has 3 aliphatic heterocycles. The summed E-state index contributed by atoms with van der Waals surface area (Å²) in [5, 5.41) is 31.8. The SMILES string of the molecule is NC(=O)NN1CCCN1.O=C(NCNC(=O)NC1C(=O)NC(=O)N1CO)NC1C(=O)NC(=O)N1CO. The Morgan fingerprint density at radius 1 is 0.889 bits per heavy atom. The van der Waals surface area contributed by atoms with E-state index in [1.54, 1.807) is 5.12 Å². The Morgan fingerprint density at radius 2 is 1.36 bits per heavy atom. The Kier molecular flexibility index (Phi) is 9.91. The van der Waals surface area contributed by atoms with Gasteiger partial charge in [-0.2, -0.15) is 5.12 Å². The number of imide groups is 2. The standard InChI is InChI=1S/C11H16N8O8.C4H10N4O/c20-2-18-4(6(22)16-10(18)26)14-8(24)12-1-13-9(25)15-5-7(23)17-11(27)19(5)3-21;5-4(9)7-8-3-1-2-6-8/h4-5,20-21H,1-3H2,(H2,12,14,24)(H2,13,15,25)(H,16,22,26)(H,17,23,27);6H,1-3H2,(H3,5,7,9). The first kappa shape index (κ1) is 27.8. The molecule has 3 aliphatic rings. The molecule has 21 heteroatoms. The topological polar surface area (TPSA) is 292 Å². The number of hydrogen-bond acceptors (Lipinski definition) is 11. The summed E-state index contributed by atoms with van der Waals surface area (Å²) in [5.74, 6) is -1.70. The van der Waals surface area contributed by atoms with Gasteiger partial charge in [-0.1, -0.05) is 0 Å². The van der Waals surface area contributed by atoms with Gasteiger partial charge in [0.25, 0.3) is 11.8 Å². The molecule has 3 fully saturated rings. The highest BCUT2D eigenvalue weighted by Crippen LogP contribution is 2.05. The van der Waals surface area contributed by atoms with Crippen LogP contribution < -0.4 is 48.5 Å². The number of nitrogens with two attached hydrogens (primary N) is 1. The smallest absolute Gasteiger partial charge is 0.328 e. The minimum atomic E-state index is -1.43. The monoisotopic (exact) mass is 518 g/mol. The molecule has 0 spiro atoms. The number of aliphatic hydroxyl groups is 2. The largest absolute Gasteiger partial charge is 0.376 e. The molecule has 0 bridgehead atoms. The van der Waals surface area contributed by atoms with E-state index in [0.29, 0.717) is 9.80 Å². The average Bonchev–Trinajstić information content (AvgIpc) is 3.47. The van der Waals surface area contributed by atoms with Gasteiger partial charge in [0.2, 0.25) is 0 Å². The number of carbonyl (C=O) groups excluding carboxylic acids is 7. The molecule has 0 aromatic carbocycles. The lowest BCUT2D eigenvalue weighted by atomic mass is 10.4. The second kappa shape index (κ2) is 12.8. The second-order valence-electron chi connectivity index (χ2n) is 6.98. The molecular formula is C15H26N12O9. The Hall–Kier alpha value is -4.47. The number of amides is 12. The van der Waals surface area contributed by atoms with E-state index in [1.165, 1.54) is 0 Å². The van der Waals surface area contributed by atoms with Crippen molar-refractivity contribution in [1.82, 2.24) is 57.7 Å². The molecule has 36 heavy (non-hydrogen) atoms.